The second-order valence-electron chi connectivity index (χ2n) is 12.4. The van der Waals surface area contributed by atoms with Crippen LogP contribution in [0.3, 0.4) is 0 Å². The van der Waals surface area contributed by atoms with Gasteiger partial charge in [0.25, 0.3) is 0 Å². The SMILES string of the molecule is CC(C)=CCCC1=C2[C@H](C[C@@]3(C)[C@H]2CC[C@H]2[C@@]4(C)C=CC(=O)[C@@H](C)[C@@H]4[C@H](O)C(=O)[C@@]23C)OC1=O. The number of esters is 1. The lowest BCUT2D eigenvalue weighted by Gasteiger charge is -2.65. The zero-order valence-electron chi connectivity index (χ0n) is 21.3. The minimum Gasteiger partial charge on any atom is -0.454 e. The number of ketones is 2. The summed E-state index contributed by atoms with van der Waals surface area (Å²) in [7, 11) is 0. The zero-order chi connectivity index (χ0) is 24.8. The van der Waals surface area contributed by atoms with Gasteiger partial charge in [0, 0.05) is 22.8 Å². The van der Waals surface area contributed by atoms with Crippen LogP contribution in [0.4, 0.5) is 0 Å². The highest BCUT2D eigenvalue weighted by molar-refractivity contribution is 5.97. The number of carbonyl (C=O) groups is 3. The van der Waals surface area contributed by atoms with Gasteiger partial charge in [0.1, 0.15) is 12.2 Å². The highest BCUT2D eigenvalue weighted by atomic mass is 16.5. The fraction of sp³-hybridized carbons (Fsp3) is 0.690. The van der Waals surface area contributed by atoms with Crippen LogP contribution >= 0.6 is 0 Å². The molecule has 0 bridgehead atoms. The van der Waals surface area contributed by atoms with Crippen LogP contribution in [0.25, 0.3) is 0 Å². The van der Waals surface area contributed by atoms with Gasteiger partial charge >= 0.3 is 5.97 Å². The van der Waals surface area contributed by atoms with Crippen LogP contribution in [0, 0.1) is 39.9 Å². The minimum atomic E-state index is -1.17. The Morgan fingerprint density at radius 2 is 1.88 bits per heavy atom. The van der Waals surface area contributed by atoms with Crippen LogP contribution < -0.4 is 0 Å². The molecule has 0 saturated heterocycles. The van der Waals surface area contributed by atoms with Crippen LogP contribution in [0.2, 0.25) is 0 Å². The molecule has 9 atom stereocenters. The fourth-order valence-electron chi connectivity index (χ4n) is 8.91. The van der Waals surface area contributed by atoms with Crippen molar-refractivity contribution in [3.8, 4) is 0 Å². The van der Waals surface area contributed by atoms with Crippen LogP contribution in [0.5, 0.6) is 0 Å². The molecule has 5 aliphatic rings. The van der Waals surface area contributed by atoms with Crippen LogP contribution in [0.15, 0.2) is 34.9 Å². The number of Topliss-reactive ketones (excluding diaryl/α,β-unsaturated/α-hetero) is 1. The maximum atomic E-state index is 14.1. The molecule has 1 heterocycles. The fourth-order valence-corrected chi connectivity index (χ4v) is 8.91. The van der Waals surface area contributed by atoms with E-state index < -0.39 is 28.3 Å². The van der Waals surface area contributed by atoms with Gasteiger partial charge in [-0.25, -0.2) is 4.79 Å². The molecule has 1 N–H and O–H groups in total. The van der Waals surface area contributed by atoms with Gasteiger partial charge in [-0.1, -0.05) is 45.4 Å². The summed E-state index contributed by atoms with van der Waals surface area (Å²) < 4.78 is 5.90. The summed E-state index contributed by atoms with van der Waals surface area (Å²) in [6, 6.07) is 0. The number of carbonyl (C=O) groups excluding carboxylic acids is 3. The molecular weight excluding hydrogens is 428 g/mol. The molecule has 5 heteroatoms. The van der Waals surface area contributed by atoms with Crippen molar-refractivity contribution in [2.75, 3.05) is 0 Å². The average Bonchev–Trinajstić information content (AvgIpc) is 3.21. The highest BCUT2D eigenvalue weighted by Gasteiger charge is 2.73. The average molecular weight is 467 g/mol. The summed E-state index contributed by atoms with van der Waals surface area (Å²) in [6.07, 6.45) is 8.21. The molecule has 4 aliphatic carbocycles. The number of fused-ring (bicyclic) bond motifs is 7. The van der Waals surface area contributed by atoms with Crippen molar-refractivity contribution in [3.05, 3.63) is 34.9 Å². The third kappa shape index (κ3) is 2.79. The van der Waals surface area contributed by atoms with Crippen molar-refractivity contribution in [2.45, 2.75) is 85.9 Å². The summed E-state index contributed by atoms with van der Waals surface area (Å²) in [4.78, 5) is 39.3. The number of aliphatic hydroxyl groups is 1. The summed E-state index contributed by atoms with van der Waals surface area (Å²) in [5, 5.41) is 11.4. The Balaban J connectivity index is 1.59. The van der Waals surface area contributed by atoms with Gasteiger partial charge in [-0.15, -0.1) is 0 Å². The molecule has 0 aromatic rings. The molecule has 184 valence electrons. The van der Waals surface area contributed by atoms with Gasteiger partial charge in [0.2, 0.25) is 0 Å². The van der Waals surface area contributed by atoms with E-state index in [2.05, 4.69) is 40.7 Å². The zero-order valence-corrected chi connectivity index (χ0v) is 21.3. The topological polar surface area (TPSA) is 80.7 Å². The monoisotopic (exact) mass is 466 g/mol. The van der Waals surface area contributed by atoms with Gasteiger partial charge in [-0.3, -0.25) is 9.59 Å². The Morgan fingerprint density at radius 3 is 2.56 bits per heavy atom. The van der Waals surface area contributed by atoms with Crippen molar-refractivity contribution in [1.82, 2.24) is 0 Å². The van der Waals surface area contributed by atoms with Gasteiger partial charge in [0.05, 0.1) is 0 Å². The molecule has 3 fully saturated rings. The third-order valence-corrected chi connectivity index (χ3v) is 10.7. The Bertz CT molecular complexity index is 1060. The van der Waals surface area contributed by atoms with Crippen LogP contribution in [-0.2, 0) is 19.1 Å². The number of hydrogen-bond acceptors (Lipinski definition) is 5. The lowest BCUT2D eigenvalue weighted by Crippen LogP contribution is -2.69. The molecule has 0 amide bonds. The number of rotatable bonds is 3. The quantitative estimate of drug-likeness (QED) is 0.480. The molecule has 5 nitrogen and oxygen atoms in total. The standard InChI is InChI=1S/C29H38O5/c1-15(2)8-7-9-17-22-18-10-11-21-27(4)13-12-19(30)16(3)23(27)24(31)25(32)29(21,6)28(18,5)14-20(22)34-26(17)33/h8,12-13,16,18,20-21,23-24,31H,7,9-11,14H2,1-6H3/t16-,18+,20+,21+,23-,24+,27-,28+,29-/m1/s1. The summed E-state index contributed by atoms with van der Waals surface area (Å²) in [5.74, 6) is -0.980. The molecule has 5 rings (SSSR count). The summed E-state index contributed by atoms with van der Waals surface area (Å²) in [6.45, 7) is 12.3. The van der Waals surface area contributed by atoms with Crippen molar-refractivity contribution >= 4 is 17.5 Å². The van der Waals surface area contributed by atoms with E-state index in [4.69, 9.17) is 4.74 Å². The normalized spacial score (nSPS) is 47.1. The molecule has 3 saturated carbocycles. The van der Waals surface area contributed by atoms with Crippen LogP contribution in [-0.4, -0.2) is 34.9 Å². The molecular formula is C29H38O5. The second-order valence-corrected chi connectivity index (χ2v) is 12.4. The number of ether oxygens (including phenoxy) is 1. The first-order chi connectivity index (χ1) is 15.9. The van der Waals surface area contributed by atoms with E-state index in [1.807, 2.05) is 13.0 Å². The van der Waals surface area contributed by atoms with E-state index in [0.717, 1.165) is 30.4 Å². The van der Waals surface area contributed by atoms with Crippen molar-refractivity contribution < 1.29 is 24.2 Å². The van der Waals surface area contributed by atoms with Gasteiger partial charge < -0.3 is 9.84 Å². The molecule has 1 aliphatic heterocycles. The Hall–Kier alpha value is -2.01. The molecule has 0 aromatic carbocycles. The first-order valence-electron chi connectivity index (χ1n) is 12.9. The Labute approximate surface area is 202 Å². The molecule has 0 spiro atoms. The first kappa shape index (κ1) is 23.7. The van der Waals surface area contributed by atoms with Crippen LogP contribution in [0.1, 0.15) is 73.6 Å². The second kappa shape index (κ2) is 7.49. The number of hydrogen-bond donors (Lipinski definition) is 1. The van der Waals surface area contributed by atoms with E-state index >= 15 is 0 Å². The van der Waals surface area contributed by atoms with Gasteiger partial charge in [0.15, 0.2) is 11.6 Å². The molecule has 34 heavy (non-hydrogen) atoms. The lowest BCUT2D eigenvalue weighted by molar-refractivity contribution is -0.199. The van der Waals surface area contributed by atoms with Crippen molar-refractivity contribution in [2.24, 2.45) is 39.9 Å². The van der Waals surface area contributed by atoms with E-state index in [1.165, 1.54) is 5.57 Å². The number of allylic oxidation sites excluding steroid dienone is 4. The molecule has 0 unspecified atom stereocenters. The number of aliphatic hydroxyl groups excluding tert-OH is 1. The van der Waals surface area contributed by atoms with Gasteiger partial charge in [-0.05, 0) is 80.3 Å². The lowest BCUT2D eigenvalue weighted by atomic mass is 9.37. The molecule has 0 aromatic heterocycles. The Morgan fingerprint density at radius 1 is 1.18 bits per heavy atom. The predicted octanol–water partition coefficient (Wildman–Crippen LogP) is 4.74. The van der Waals surface area contributed by atoms with E-state index in [-0.39, 0.29) is 41.4 Å². The molecule has 0 radical (unpaired) electrons. The smallest absolute Gasteiger partial charge is 0.334 e. The maximum absolute atomic E-state index is 14.1. The summed E-state index contributed by atoms with van der Waals surface area (Å²) >= 11 is 0. The van der Waals surface area contributed by atoms with Crippen molar-refractivity contribution in [3.63, 3.8) is 0 Å². The van der Waals surface area contributed by atoms with E-state index in [1.54, 1.807) is 6.08 Å². The predicted molar refractivity (Wildman–Crippen MR) is 129 cm³/mol. The first-order valence-corrected chi connectivity index (χ1v) is 12.9. The minimum absolute atomic E-state index is 0.00806. The summed E-state index contributed by atoms with van der Waals surface area (Å²) in [5.41, 5.74) is 1.55. The van der Waals surface area contributed by atoms with Gasteiger partial charge in [-0.2, -0.15) is 0 Å². The van der Waals surface area contributed by atoms with E-state index in [9.17, 15) is 19.5 Å². The third-order valence-electron chi connectivity index (χ3n) is 10.7. The van der Waals surface area contributed by atoms with Crippen molar-refractivity contribution in [1.29, 1.82) is 0 Å². The Kier molecular flexibility index (Phi) is 5.23. The largest absolute Gasteiger partial charge is 0.454 e. The van der Waals surface area contributed by atoms with E-state index in [0.29, 0.717) is 12.8 Å². The maximum Gasteiger partial charge on any atom is 0.334 e. The highest BCUT2D eigenvalue weighted by Crippen LogP contribution is 2.73.